The van der Waals surface area contributed by atoms with Gasteiger partial charge in [-0.2, -0.15) is 0 Å². The highest BCUT2D eigenvalue weighted by molar-refractivity contribution is 8.02. The molecule has 1 fully saturated rings. The van der Waals surface area contributed by atoms with Crippen molar-refractivity contribution in [3.05, 3.63) is 35.4 Å². The highest BCUT2D eigenvalue weighted by atomic mass is 32.2. The van der Waals surface area contributed by atoms with Gasteiger partial charge in [-0.1, -0.05) is 36.0 Å². The van der Waals surface area contributed by atoms with Gasteiger partial charge >= 0.3 is 0 Å². The largest absolute Gasteiger partial charge is 0.544 e. The fraction of sp³-hybridized carbons (Fsp3) is 0.250. The number of quaternary nitrogens is 1. The van der Waals surface area contributed by atoms with Gasteiger partial charge in [-0.15, -0.1) is 0 Å². The number of carbonyl (C=O) groups is 3. The number of Topliss-reactive ketones (excluding diaryl/α,β-unsaturated/α-hetero) is 2. The van der Waals surface area contributed by atoms with Crippen LogP contribution in [0, 0.1) is 0 Å². The zero-order valence-corrected chi connectivity index (χ0v) is 10.0. The molecule has 1 aromatic rings. The van der Waals surface area contributed by atoms with E-state index in [-0.39, 0.29) is 17.3 Å². The smallest absolute Gasteiger partial charge is 0.271 e. The van der Waals surface area contributed by atoms with Crippen molar-refractivity contribution in [2.24, 2.45) is 0 Å². The average Bonchev–Trinajstić information content (AvgIpc) is 2.90. The molecule has 2 aliphatic rings. The van der Waals surface area contributed by atoms with E-state index in [1.54, 1.807) is 24.3 Å². The zero-order chi connectivity index (χ0) is 12.9. The molecule has 1 heterocycles. The minimum Gasteiger partial charge on any atom is -0.544 e. The lowest BCUT2D eigenvalue weighted by molar-refractivity contribution is -0.689. The lowest BCUT2D eigenvalue weighted by atomic mass is 10.1. The van der Waals surface area contributed by atoms with Crippen molar-refractivity contribution in [3.8, 4) is 0 Å². The molecule has 2 N–H and O–H groups in total. The minimum absolute atomic E-state index is 0.202. The molecule has 1 aliphatic carbocycles. The van der Waals surface area contributed by atoms with Gasteiger partial charge in [0.05, 0.1) is 5.75 Å². The summed E-state index contributed by atoms with van der Waals surface area (Å²) in [6.07, 6.45) is 0. The van der Waals surface area contributed by atoms with Gasteiger partial charge in [0.2, 0.25) is 11.6 Å². The van der Waals surface area contributed by atoms with Crippen LogP contribution < -0.4 is 10.4 Å². The third kappa shape index (κ3) is 1.30. The molecule has 0 amide bonds. The summed E-state index contributed by atoms with van der Waals surface area (Å²) in [4.78, 5) is 34.1. The lowest BCUT2D eigenvalue weighted by Gasteiger charge is -2.16. The van der Waals surface area contributed by atoms with Crippen molar-refractivity contribution in [1.29, 1.82) is 0 Å². The van der Waals surface area contributed by atoms with Crippen LogP contribution in [0.2, 0.25) is 0 Å². The number of hydrogen-bond acceptors (Lipinski definition) is 5. The number of aliphatic carboxylic acids is 1. The number of carboxylic acids is 1. The number of carboxylic acid groups (broad SMARTS) is 1. The van der Waals surface area contributed by atoms with Gasteiger partial charge in [-0.3, -0.25) is 9.59 Å². The molecule has 1 aliphatic heterocycles. The van der Waals surface area contributed by atoms with Crippen molar-refractivity contribution in [2.45, 2.75) is 10.9 Å². The first-order valence-electron chi connectivity index (χ1n) is 5.46. The number of hydrogen-bond donors (Lipinski definition) is 1. The molecule has 1 aromatic carbocycles. The minimum atomic E-state index is -1.34. The van der Waals surface area contributed by atoms with Crippen LogP contribution >= 0.6 is 11.8 Å². The van der Waals surface area contributed by atoms with Crippen LogP contribution in [-0.2, 0) is 4.79 Å². The molecule has 92 valence electrons. The Labute approximate surface area is 107 Å². The molecule has 0 aromatic heterocycles. The van der Waals surface area contributed by atoms with E-state index in [9.17, 15) is 19.5 Å². The Morgan fingerprint density at radius 2 is 1.83 bits per heavy atom. The van der Waals surface area contributed by atoms with Crippen molar-refractivity contribution in [2.75, 3.05) is 5.75 Å². The van der Waals surface area contributed by atoms with Crippen LogP contribution in [0.25, 0.3) is 0 Å². The van der Waals surface area contributed by atoms with Gasteiger partial charge in [-0.25, -0.2) is 0 Å². The summed E-state index contributed by atoms with van der Waals surface area (Å²) in [7, 11) is 0. The van der Waals surface area contributed by atoms with Crippen molar-refractivity contribution in [3.63, 3.8) is 0 Å². The Morgan fingerprint density at radius 1 is 1.28 bits per heavy atom. The Bertz CT molecular complexity index is 548. The molecule has 1 atom stereocenters. The molecule has 6 heteroatoms. The first kappa shape index (κ1) is 11.4. The summed E-state index contributed by atoms with van der Waals surface area (Å²) in [5.41, 5.74) is 0.760. The third-order valence-electron chi connectivity index (χ3n) is 3.32. The second-order valence-corrected chi connectivity index (χ2v) is 5.61. The molecule has 1 saturated heterocycles. The van der Waals surface area contributed by atoms with E-state index >= 15 is 0 Å². The average molecular weight is 263 g/mol. The van der Waals surface area contributed by atoms with E-state index < -0.39 is 16.9 Å². The number of thioether (sulfide) groups is 1. The summed E-state index contributed by atoms with van der Waals surface area (Å²) in [6.45, 7) is 0. The Hall–Kier alpha value is -1.66. The van der Waals surface area contributed by atoms with Gasteiger partial charge in [-0.05, 0) is 0 Å². The third-order valence-corrected chi connectivity index (χ3v) is 4.81. The van der Waals surface area contributed by atoms with Gasteiger partial charge < -0.3 is 15.2 Å². The standard InChI is InChI=1S/C12H9NO4S/c14-9-6-3-1-2-4-7(6)10(15)12(9)13-8(5-18-12)11(16)17/h1-4,8,13H,5H2,(H,16,17)/t8-/m0/s1. The van der Waals surface area contributed by atoms with Gasteiger partial charge in [0.25, 0.3) is 4.87 Å². The second-order valence-electron chi connectivity index (χ2n) is 4.34. The Balaban J connectivity index is 2.05. The fourth-order valence-electron chi connectivity index (χ4n) is 2.40. The van der Waals surface area contributed by atoms with Crippen LogP contribution in [0.15, 0.2) is 24.3 Å². The molecule has 5 nitrogen and oxygen atoms in total. The number of carbonyl (C=O) groups excluding carboxylic acids is 3. The van der Waals surface area contributed by atoms with Crippen LogP contribution in [0.3, 0.4) is 0 Å². The van der Waals surface area contributed by atoms with Crippen LogP contribution in [0.4, 0.5) is 0 Å². The second kappa shape index (κ2) is 3.66. The lowest BCUT2D eigenvalue weighted by Crippen LogP contribution is -3.02. The normalized spacial score (nSPS) is 24.6. The van der Waals surface area contributed by atoms with Gasteiger partial charge in [0, 0.05) is 11.1 Å². The summed E-state index contributed by atoms with van der Waals surface area (Å²) in [5.74, 6) is -1.65. The maximum absolute atomic E-state index is 12.3. The maximum atomic E-state index is 12.3. The SMILES string of the molecule is O=C([O-])[C@@H]1CSC2([NH2+]1)C(=O)c1ccccc1C2=O. The molecule has 1 spiro atoms. The first-order chi connectivity index (χ1) is 8.56. The number of benzene rings is 1. The van der Waals surface area contributed by atoms with E-state index in [0.717, 1.165) is 11.8 Å². The molecular formula is C12H9NO4S. The summed E-state index contributed by atoms with van der Waals surface area (Å²) in [5, 5.41) is 12.2. The highest BCUT2D eigenvalue weighted by Crippen LogP contribution is 2.37. The van der Waals surface area contributed by atoms with Gasteiger partial charge in [0.15, 0.2) is 0 Å². The molecule has 18 heavy (non-hydrogen) atoms. The predicted octanol–water partition coefficient (Wildman–Crippen LogP) is -1.81. The van der Waals surface area contributed by atoms with E-state index in [1.165, 1.54) is 5.32 Å². The Morgan fingerprint density at radius 3 is 2.28 bits per heavy atom. The van der Waals surface area contributed by atoms with E-state index in [0.29, 0.717) is 11.1 Å². The molecule has 0 unspecified atom stereocenters. The van der Waals surface area contributed by atoms with Crippen molar-refractivity contribution in [1.82, 2.24) is 0 Å². The quantitative estimate of drug-likeness (QED) is 0.603. The van der Waals surface area contributed by atoms with Gasteiger partial charge in [0.1, 0.15) is 12.0 Å². The number of rotatable bonds is 1. The fourth-order valence-corrected chi connectivity index (χ4v) is 3.82. The Kier molecular flexibility index (Phi) is 2.33. The topological polar surface area (TPSA) is 90.9 Å². The monoisotopic (exact) mass is 263 g/mol. The molecular weight excluding hydrogens is 254 g/mol. The molecule has 0 saturated carbocycles. The number of ketones is 2. The summed E-state index contributed by atoms with van der Waals surface area (Å²) < 4.78 is 0. The molecule has 0 radical (unpaired) electrons. The van der Waals surface area contributed by atoms with E-state index in [1.807, 2.05) is 0 Å². The van der Waals surface area contributed by atoms with Crippen LogP contribution in [0.5, 0.6) is 0 Å². The molecule has 3 rings (SSSR count). The maximum Gasteiger partial charge on any atom is 0.271 e. The van der Waals surface area contributed by atoms with Crippen LogP contribution in [-0.4, -0.2) is 34.2 Å². The number of nitrogens with two attached hydrogens (primary N) is 1. The first-order valence-corrected chi connectivity index (χ1v) is 6.44. The van der Waals surface area contributed by atoms with E-state index in [4.69, 9.17) is 0 Å². The highest BCUT2D eigenvalue weighted by Gasteiger charge is 2.61. The summed E-state index contributed by atoms with van der Waals surface area (Å²) in [6, 6.07) is 5.74. The molecule has 0 bridgehead atoms. The summed E-state index contributed by atoms with van der Waals surface area (Å²) >= 11 is 1.09. The van der Waals surface area contributed by atoms with Crippen molar-refractivity contribution >= 4 is 29.3 Å². The number of fused-ring (bicyclic) bond motifs is 1. The van der Waals surface area contributed by atoms with Crippen molar-refractivity contribution < 1.29 is 24.8 Å². The van der Waals surface area contributed by atoms with Crippen LogP contribution in [0.1, 0.15) is 20.7 Å². The zero-order valence-electron chi connectivity index (χ0n) is 9.21. The van der Waals surface area contributed by atoms with E-state index in [2.05, 4.69) is 0 Å². The predicted molar refractivity (Wildman–Crippen MR) is 61.0 cm³/mol.